The number of fused-ring (bicyclic) bond motifs is 1. The van der Waals surface area contributed by atoms with Crippen molar-refractivity contribution >= 4 is 17.7 Å². The number of hydrogen-bond donors (Lipinski definition) is 1. The Balaban J connectivity index is 1.37. The fraction of sp³-hybridized carbons (Fsp3) is 0.235. The first-order valence-corrected chi connectivity index (χ1v) is 14.7. The second-order valence-electron chi connectivity index (χ2n) is 9.93. The summed E-state index contributed by atoms with van der Waals surface area (Å²) in [6.07, 6.45) is 2.62. The van der Waals surface area contributed by atoms with Gasteiger partial charge >= 0.3 is 12.1 Å². The second kappa shape index (κ2) is 14.2. The molecule has 5 rings (SSSR count). The third-order valence-corrected chi connectivity index (χ3v) is 7.97. The fourth-order valence-corrected chi connectivity index (χ4v) is 5.80. The standard InChI is InChI=1S/C34H28F3NO5S/c35-34(36,37)25-10-12-26(13-11-25)42-21-24-9-15-32(30(19-24)41-18-4-6-23-5-3-17-38-20-23)44-31-16-14-29(43-22-33(39)40)27-7-1-2-8-28(27)31/h3,5,9-17,19-20H,1-2,7-8,18,21-22H2,(H,39,40). The molecule has 3 aromatic carbocycles. The van der Waals surface area contributed by atoms with E-state index < -0.39 is 24.3 Å². The van der Waals surface area contributed by atoms with E-state index in [0.29, 0.717) is 17.2 Å². The zero-order valence-electron chi connectivity index (χ0n) is 23.5. The van der Waals surface area contributed by atoms with Gasteiger partial charge < -0.3 is 19.3 Å². The van der Waals surface area contributed by atoms with E-state index in [0.717, 1.165) is 69.9 Å². The van der Waals surface area contributed by atoms with E-state index in [2.05, 4.69) is 16.8 Å². The van der Waals surface area contributed by atoms with Gasteiger partial charge in [-0.2, -0.15) is 13.2 Å². The number of carboxylic acid groups (broad SMARTS) is 1. The fourth-order valence-electron chi connectivity index (χ4n) is 4.73. The maximum atomic E-state index is 12.9. The van der Waals surface area contributed by atoms with Crippen molar-refractivity contribution in [3.63, 3.8) is 0 Å². The Morgan fingerprint density at radius 2 is 1.68 bits per heavy atom. The summed E-state index contributed by atoms with van der Waals surface area (Å²) in [5.41, 5.74) is 2.97. The van der Waals surface area contributed by atoms with Crippen molar-refractivity contribution < 1.29 is 37.3 Å². The molecule has 1 N–H and O–H groups in total. The van der Waals surface area contributed by atoms with Crippen LogP contribution in [-0.2, 0) is 30.4 Å². The highest BCUT2D eigenvalue weighted by atomic mass is 32.2. The SMILES string of the molecule is O=C(O)COc1ccc(Sc2ccc(COc3ccc(C(F)(F)F)cc3)cc2OCC#Cc2cccnc2)c2c1CCCC2. The van der Waals surface area contributed by atoms with Crippen molar-refractivity contribution in [3.05, 3.63) is 107 Å². The topological polar surface area (TPSA) is 77.9 Å². The van der Waals surface area contributed by atoms with E-state index in [4.69, 9.17) is 19.3 Å². The molecule has 0 fully saturated rings. The summed E-state index contributed by atoms with van der Waals surface area (Å²) in [4.78, 5) is 17.0. The number of pyridine rings is 1. The van der Waals surface area contributed by atoms with Gasteiger partial charge in [-0.15, -0.1) is 0 Å². The minimum Gasteiger partial charge on any atom is -0.489 e. The lowest BCUT2D eigenvalue weighted by Gasteiger charge is -2.22. The van der Waals surface area contributed by atoms with Crippen LogP contribution in [0.4, 0.5) is 13.2 Å². The maximum absolute atomic E-state index is 12.9. The zero-order chi connectivity index (χ0) is 30.9. The lowest BCUT2D eigenvalue weighted by Crippen LogP contribution is -2.13. The molecule has 0 unspecified atom stereocenters. The largest absolute Gasteiger partial charge is 0.489 e. The molecule has 0 aliphatic heterocycles. The van der Waals surface area contributed by atoms with Crippen LogP contribution in [0.15, 0.2) is 88.9 Å². The minimum absolute atomic E-state index is 0.117. The van der Waals surface area contributed by atoms with Crippen LogP contribution < -0.4 is 14.2 Å². The van der Waals surface area contributed by atoms with Gasteiger partial charge in [0.25, 0.3) is 0 Å². The van der Waals surface area contributed by atoms with Crippen molar-refractivity contribution in [1.82, 2.24) is 4.98 Å². The molecule has 1 aromatic heterocycles. The molecule has 4 aromatic rings. The van der Waals surface area contributed by atoms with E-state index in [1.54, 1.807) is 30.2 Å². The predicted molar refractivity (Wildman–Crippen MR) is 159 cm³/mol. The molecule has 0 spiro atoms. The number of rotatable bonds is 10. The average molecular weight is 620 g/mol. The van der Waals surface area contributed by atoms with E-state index in [1.165, 1.54) is 12.1 Å². The number of benzene rings is 3. The molecule has 1 aliphatic carbocycles. The van der Waals surface area contributed by atoms with Crippen molar-refractivity contribution in [1.29, 1.82) is 0 Å². The van der Waals surface area contributed by atoms with Gasteiger partial charge in [0.2, 0.25) is 0 Å². The molecule has 0 radical (unpaired) electrons. The molecule has 226 valence electrons. The van der Waals surface area contributed by atoms with Crippen LogP contribution >= 0.6 is 11.8 Å². The van der Waals surface area contributed by atoms with E-state index in [-0.39, 0.29) is 13.2 Å². The lowest BCUT2D eigenvalue weighted by atomic mass is 9.91. The first-order chi connectivity index (χ1) is 21.3. The van der Waals surface area contributed by atoms with Gasteiger partial charge in [-0.3, -0.25) is 4.98 Å². The second-order valence-corrected chi connectivity index (χ2v) is 11.0. The van der Waals surface area contributed by atoms with Crippen LogP contribution in [0, 0.1) is 11.8 Å². The highest BCUT2D eigenvalue weighted by Crippen LogP contribution is 2.42. The molecule has 44 heavy (non-hydrogen) atoms. The van der Waals surface area contributed by atoms with Crippen LogP contribution in [0.2, 0.25) is 0 Å². The Kier molecular flexibility index (Phi) is 9.97. The number of hydrogen-bond acceptors (Lipinski definition) is 6. The molecule has 10 heteroatoms. The third kappa shape index (κ3) is 8.26. The molecule has 6 nitrogen and oxygen atoms in total. The van der Waals surface area contributed by atoms with Crippen LogP contribution in [0.5, 0.6) is 17.2 Å². The van der Waals surface area contributed by atoms with Crippen LogP contribution in [0.1, 0.15) is 40.7 Å². The highest BCUT2D eigenvalue weighted by Gasteiger charge is 2.30. The maximum Gasteiger partial charge on any atom is 0.416 e. The van der Waals surface area contributed by atoms with Crippen molar-refractivity contribution in [3.8, 4) is 29.1 Å². The molecule has 1 heterocycles. The minimum atomic E-state index is -4.41. The van der Waals surface area contributed by atoms with Gasteiger partial charge in [0, 0.05) is 22.9 Å². The van der Waals surface area contributed by atoms with E-state index in [1.807, 2.05) is 36.4 Å². The highest BCUT2D eigenvalue weighted by molar-refractivity contribution is 7.99. The molecule has 0 bridgehead atoms. The van der Waals surface area contributed by atoms with Crippen LogP contribution in [-0.4, -0.2) is 29.3 Å². The van der Waals surface area contributed by atoms with Gasteiger partial charge in [-0.1, -0.05) is 29.7 Å². The number of carbonyl (C=O) groups is 1. The predicted octanol–water partition coefficient (Wildman–Crippen LogP) is 7.60. The summed E-state index contributed by atoms with van der Waals surface area (Å²) in [6, 6.07) is 17.6. The summed E-state index contributed by atoms with van der Waals surface area (Å²) in [6.45, 7) is -0.155. The van der Waals surface area contributed by atoms with Gasteiger partial charge in [0.05, 0.1) is 10.5 Å². The molecule has 1 aliphatic rings. The average Bonchev–Trinajstić information content (AvgIpc) is 3.02. The first kappa shape index (κ1) is 30.8. The van der Waals surface area contributed by atoms with Gasteiger partial charge in [-0.25, -0.2) is 4.79 Å². The Morgan fingerprint density at radius 1 is 0.909 bits per heavy atom. The van der Waals surface area contributed by atoms with Gasteiger partial charge in [0.15, 0.2) is 6.61 Å². The van der Waals surface area contributed by atoms with Crippen LogP contribution in [0.25, 0.3) is 0 Å². The molecule has 0 amide bonds. The summed E-state index contributed by atoms with van der Waals surface area (Å²) in [7, 11) is 0. The van der Waals surface area contributed by atoms with E-state index >= 15 is 0 Å². The number of nitrogens with zero attached hydrogens (tertiary/aromatic N) is 1. The molecule has 0 saturated carbocycles. The zero-order valence-corrected chi connectivity index (χ0v) is 24.3. The van der Waals surface area contributed by atoms with Crippen molar-refractivity contribution in [2.24, 2.45) is 0 Å². The number of alkyl halides is 3. The number of aliphatic carboxylic acids is 1. The summed E-state index contributed by atoms with van der Waals surface area (Å²) < 4.78 is 56.2. The van der Waals surface area contributed by atoms with Crippen molar-refractivity contribution in [2.45, 2.75) is 48.3 Å². The lowest BCUT2D eigenvalue weighted by molar-refractivity contribution is -0.139. The number of aromatic nitrogens is 1. The molecule has 0 saturated heterocycles. The summed E-state index contributed by atoms with van der Waals surface area (Å²) >= 11 is 1.54. The summed E-state index contributed by atoms with van der Waals surface area (Å²) in [5.74, 6) is 6.51. The number of carboxylic acids is 1. The third-order valence-electron chi connectivity index (χ3n) is 6.81. The van der Waals surface area contributed by atoms with E-state index in [9.17, 15) is 18.0 Å². The van der Waals surface area contributed by atoms with Crippen molar-refractivity contribution in [2.75, 3.05) is 13.2 Å². The number of ether oxygens (including phenoxy) is 3. The Morgan fingerprint density at radius 3 is 2.41 bits per heavy atom. The summed E-state index contributed by atoms with van der Waals surface area (Å²) in [5, 5.41) is 9.07. The molecule has 0 atom stereocenters. The molecular formula is C34H28F3NO5S. The Hall–Kier alpha value is -4.62. The number of halogens is 3. The van der Waals surface area contributed by atoms with Gasteiger partial charge in [-0.05, 0) is 103 Å². The van der Waals surface area contributed by atoms with Crippen LogP contribution in [0.3, 0.4) is 0 Å². The smallest absolute Gasteiger partial charge is 0.416 e. The quantitative estimate of drug-likeness (QED) is 0.183. The Bertz CT molecular complexity index is 1670. The first-order valence-electron chi connectivity index (χ1n) is 13.9. The monoisotopic (exact) mass is 619 g/mol. The normalized spacial score (nSPS) is 12.4. The Labute approximate surface area is 257 Å². The molecular weight excluding hydrogens is 591 g/mol. The van der Waals surface area contributed by atoms with Gasteiger partial charge in [0.1, 0.15) is 30.5 Å².